The number of carbonyl (C=O) groups excluding carboxylic acids is 1. The molecule has 0 N–H and O–H groups in total. The van der Waals surface area contributed by atoms with Gasteiger partial charge >= 0.3 is 0 Å². The molecule has 3 rings (SSSR count). The average molecular weight is 264 g/mol. The summed E-state index contributed by atoms with van der Waals surface area (Å²) in [6.07, 6.45) is 2.77. The Labute approximate surface area is 110 Å². The Morgan fingerprint density at radius 3 is 3.11 bits per heavy atom. The Hall–Kier alpha value is -1.32. The second-order valence-electron chi connectivity index (χ2n) is 4.64. The number of hydrogen-bond donors (Lipinski definition) is 0. The molecule has 1 aliphatic heterocycles. The number of rotatable bonds is 3. The molecule has 4 heteroatoms. The van der Waals surface area contributed by atoms with E-state index in [0.29, 0.717) is 19.8 Å². The minimum Gasteiger partial charge on any atom is -0.381 e. The van der Waals surface area contributed by atoms with Crippen LogP contribution in [0.2, 0.25) is 5.02 Å². The Morgan fingerprint density at radius 2 is 2.33 bits per heavy atom. The lowest BCUT2D eigenvalue weighted by atomic mass is 10.0. The third-order valence-corrected chi connectivity index (χ3v) is 3.80. The van der Waals surface area contributed by atoms with Gasteiger partial charge in [-0.1, -0.05) is 17.7 Å². The third kappa shape index (κ3) is 2.04. The molecule has 1 atom stereocenters. The Bertz CT molecular complexity index is 584. The van der Waals surface area contributed by atoms with Crippen molar-refractivity contribution in [3.63, 3.8) is 0 Å². The van der Waals surface area contributed by atoms with E-state index in [-0.39, 0.29) is 11.7 Å². The summed E-state index contributed by atoms with van der Waals surface area (Å²) in [6, 6.07) is 7.71. The fourth-order valence-electron chi connectivity index (χ4n) is 2.41. The minimum atomic E-state index is 0.0571. The molecular formula is C14H14ClNO2. The molecular weight excluding hydrogens is 250 g/mol. The molecule has 0 amide bonds. The van der Waals surface area contributed by atoms with Crippen molar-refractivity contribution in [1.29, 1.82) is 0 Å². The standard InChI is InChI=1S/C14H14ClNO2/c15-12-2-1-3-13-11(12)4-6-16(13)8-14(17)10-5-7-18-9-10/h1-4,6,10H,5,7-9H2. The molecule has 0 bridgehead atoms. The summed E-state index contributed by atoms with van der Waals surface area (Å²) in [5, 5.41) is 1.72. The maximum Gasteiger partial charge on any atom is 0.157 e. The maximum absolute atomic E-state index is 12.1. The van der Waals surface area contributed by atoms with E-state index in [0.717, 1.165) is 22.3 Å². The molecule has 0 aliphatic carbocycles. The van der Waals surface area contributed by atoms with Crippen molar-refractivity contribution >= 4 is 28.3 Å². The first-order chi connectivity index (χ1) is 8.75. The predicted octanol–water partition coefficient (Wildman–Crippen LogP) is 2.90. The lowest BCUT2D eigenvalue weighted by Gasteiger charge is -2.08. The van der Waals surface area contributed by atoms with E-state index in [9.17, 15) is 4.79 Å². The molecule has 1 aliphatic rings. The summed E-state index contributed by atoms with van der Waals surface area (Å²) >= 11 is 6.12. The average Bonchev–Trinajstić information content (AvgIpc) is 2.99. The molecule has 3 nitrogen and oxygen atoms in total. The summed E-state index contributed by atoms with van der Waals surface area (Å²) < 4.78 is 7.21. The molecule has 1 fully saturated rings. The van der Waals surface area contributed by atoms with Gasteiger partial charge in [0.1, 0.15) is 0 Å². The van der Waals surface area contributed by atoms with Gasteiger partial charge in [0.15, 0.2) is 5.78 Å². The molecule has 0 radical (unpaired) electrons. The number of aromatic nitrogens is 1. The Balaban J connectivity index is 1.86. The van der Waals surface area contributed by atoms with Crippen LogP contribution in [0.25, 0.3) is 10.9 Å². The number of carbonyl (C=O) groups is 1. The van der Waals surface area contributed by atoms with Crippen LogP contribution in [-0.2, 0) is 16.1 Å². The van der Waals surface area contributed by atoms with Crippen molar-refractivity contribution in [2.75, 3.05) is 13.2 Å². The van der Waals surface area contributed by atoms with Crippen LogP contribution in [-0.4, -0.2) is 23.6 Å². The van der Waals surface area contributed by atoms with Crippen molar-refractivity contribution in [2.45, 2.75) is 13.0 Å². The van der Waals surface area contributed by atoms with Crippen LogP contribution in [0, 0.1) is 5.92 Å². The van der Waals surface area contributed by atoms with Crippen molar-refractivity contribution in [1.82, 2.24) is 4.57 Å². The zero-order valence-electron chi connectivity index (χ0n) is 9.93. The largest absolute Gasteiger partial charge is 0.381 e. The van der Waals surface area contributed by atoms with E-state index in [2.05, 4.69) is 0 Å². The highest BCUT2D eigenvalue weighted by Crippen LogP contribution is 2.25. The summed E-state index contributed by atoms with van der Waals surface area (Å²) in [6.45, 7) is 1.67. The molecule has 1 saturated heterocycles. The van der Waals surface area contributed by atoms with Gasteiger partial charge in [0.05, 0.1) is 13.2 Å². The lowest BCUT2D eigenvalue weighted by molar-refractivity contribution is -0.123. The quantitative estimate of drug-likeness (QED) is 0.853. The fourth-order valence-corrected chi connectivity index (χ4v) is 2.64. The second-order valence-corrected chi connectivity index (χ2v) is 5.05. The van der Waals surface area contributed by atoms with Gasteiger partial charge in [0, 0.05) is 34.6 Å². The van der Waals surface area contributed by atoms with Gasteiger partial charge in [-0.05, 0) is 24.6 Å². The maximum atomic E-state index is 12.1. The van der Waals surface area contributed by atoms with Gasteiger partial charge in [-0.15, -0.1) is 0 Å². The lowest BCUT2D eigenvalue weighted by Crippen LogP contribution is -2.19. The number of hydrogen-bond acceptors (Lipinski definition) is 2. The molecule has 0 saturated carbocycles. The van der Waals surface area contributed by atoms with Crippen LogP contribution in [0.15, 0.2) is 30.5 Å². The van der Waals surface area contributed by atoms with Gasteiger partial charge < -0.3 is 9.30 Å². The van der Waals surface area contributed by atoms with Crippen LogP contribution in [0.3, 0.4) is 0 Å². The number of fused-ring (bicyclic) bond motifs is 1. The highest BCUT2D eigenvalue weighted by molar-refractivity contribution is 6.35. The molecule has 2 aromatic rings. The van der Waals surface area contributed by atoms with E-state index in [1.807, 2.05) is 35.0 Å². The number of ketones is 1. The normalized spacial score (nSPS) is 19.5. The minimum absolute atomic E-state index is 0.0571. The van der Waals surface area contributed by atoms with Gasteiger partial charge in [-0.25, -0.2) is 0 Å². The van der Waals surface area contributed by atoms with Gasteiger partial charge in [0.2, 0.25) is 0 Å². The van der Waals surface area contributed by atoms with E-state index in [4.69, 9.17) is 16.3 Å². The molecule has 1 aromatic heterocycles. The van der Waals surface area contributed by atoms with Gasteiger partial charge in [0.25, 0.3) is 0 Å². The molecule has 18 heavy (non-hydrogen) atoms. The second kappa shape index (κ2) is 4.75. The summed E-state index contributed by atoms with van der Waals surface area (Å²) in [4.78, 5) is 12.1. The molecule has 0 spiro atoms. The van der Waals surface area contributed by atoms with Crippen LogP contribution < -0.4 is 0 Å². The highest BCUT2D eigenvalue weighted by Gasteiger charge is 2.23. The third-order valence-electron chi connectivity index (χ3n) is 3.47. The number of halogens is 1. The van der Waals surface area contributed by atoms with Crippen molar-refractivity contribution in [2.24, 2.45) is 5.92 Å². The van der Waals surface area contributed by atoms with Gasteiger partial charge in [-0.3, -0.25) is 4.79 Å². The van der Waals surface area contributed by atoms with Crippen molar-refractivity contribution in [3.05, 3.63) is 35.5 Å². The molecule has 1 aromatic carbocycles. The fraction of sp³-hybridized carbons (Fsp3) is 0.357. The number of benzene rings is 1. The number of ether oxygens (including phenoxy) is 1. The molecule has 2 heterocycles. The summed E-state index contributed by atoms with van der Waals surface area (Å²) in [7, 11) is 0. The predicted molar refractivity (Wildman–Crippen MR) is 70.9 cm³/mol. The van der Waals surface area contributed by atoms with Crippen molar-refractivity contribution in [3.8, 4) is 0 Å². The first kappa shape index (κ1) is 11.8. The van der Waals surface area contributed by atoms with Gasteiger partial charge in [-0.2, -0.15) is 0 Å². The Kier molecular flexibility index (Phi) is 3.10. The summed E-state index contributed by atoms with van der Waals surface area (Å²) in [5.41, 5.74) is 1.01. The Morgan fingerprint density at radius 1 is 1.44 bits per heavy atom. The smallest absolute Gasteiger partial charge is 0.157 e. The number of nitrogens with zero attached hydrogens (tertiary/aromatic N) is 1. The first-order valence-electron chi connectivity index (χ1n) is 6.09. The highest BCUT2D eigenvalue weighted by atomic mass is 35.5. The SMILES string of the molecule is O=C(Cn1ccc2c(Cl)cccc21)C1CCOC1. The van der Waals surface area contributed by atoms with Crippen LogP contribution in [0.1, 0.15) is 6.42 Å². The topological polar surface area (TPSA) is 31.2 Å². The zero-order chi connectivity index (χ0) is 12.5. The summed E-state index contributed by atoms with van der Waals surface area (Å²) in [5.74, 6) is 0.298. The van der Waals surface area contributed by atoms with Crippen LogP contribution in [0.5, 0.6) is 0 Å². The van der Waals surface area contributed by atoms with E-state index in [1.165, 1.54) is 0 Å². The molecule has 94 valence electrons. The van der Waals surface area contributed by atoms with Crippen LogP contribution in [0.4, 0.5) is 0 Å². The van der Waals surface area contributed by atoms with E-state index >= 15 is 0 Å². The molecule has 1 unspecified atom stereocenters. The zero-order valence-corrected chi connectivity index (χ0v) is 10.7. The number of Topliss-reactive ketones (excluding diaryl/α,β-unsaturated/α-hetero) is 1. The first-order valence-corrected chi connectivity index (χ1v) is 6.47. The van der Waals surface area contributed by atoms with E-state index in [1.54, 1.807) is 0 Å². The van der Waals surface area contributed by atoms with Crippen LogP contribution >= 0.6 is 11.6 Å². The van der Waals surface area contributed by atoms with E-state index < -0.39 is 0 Å². The monoisotopic (exact) mass is 263 g/mol. The van der Waals surface area contributed by atoms with Crippen molar-refractivity contribution < 1.29 is 9.53 Å².